The molecule has 0 saturated carbocycles. The zero-order chi connectivity index (χ0) is 16.1. The minimum absolute atomic E-state index is 0.0842. The van der Waals surface area contributed by atoms with Crippen molar-refractivity contribution >= 4 is 8.32 Å². The Morgan fingerprint density at radius 2 is 2.05 bits per heavy atom. The van der Waals surface area contributed by atoms with E-state index in [4.69, 9.17) is 19.4 Å². The molecule has 6 nitrogen and oxygen atoms in total. The zero-order valence-electron chi connectivity index (χ0n) is 13.9. The lowest BCUT2D eigenvalue weighted by molar-refractivity contribution is -0.0963. The molecule has 120 valence electrons. The van der Waals surface area contributed by atoms with Crippen molar-refractivity contribution in [2.75, 3.05) is 13.9 Å². The number of methoxy groups -OCH3 is 1. The first-order valence-corrected chi connectivity index (χ1v) is 10.1. The second-order valence-corrected chi connectivity index (χ2v) is 11.6. The number of rotatable bonds is 6. The largest absolute Gasteiger partial charge is 0.411 e. The third kappa shape index (κ3) is 4.83. The van der Waals surface area contributed by atoms with Crippen LogP contribution in [0.2, 0.25) is 18.1 Å². The highest BCUT2D eigenvalue weighted by molar-refractivity contribution is 6.74. The Morgan fingerprint density at radius 3 is 2.57 bits per heavy atom. The summed E-state index contributed by atoms with van der Waals surface area (Å²) in [4.78, 5) is 2.96. The fourth-order valence-electron chi connectivity index (χ4n) is 1.95. The summed E-state index contributed by atoms with van der Waals surface area (Å²) in [7, 11) is -0.398. The second kappa shape index (κ2) is 7.42. The third-order valence-corrected chi connectivity index (χ3v) is 8.70. The molecule has 0 aliphatic heterocycles. The fourth-order valence-corrected chi connectivity index (χ4v) is 3.28. The zero-order valence-corrected chi connectivity index (χ0v) is 14.9. The normalized spacial score (nSPS) is 26.5. The van der Waals surface area contributed by atoms with E-state index in [2.05, 4.69) is 43.9 Å². The Labute approximate surface area is 128 Å². The molecule has 1 aliphatic rings. The molecule has 0 amide bonds. The summed E-state index contributed by atoms with van der Waals surface area (Å²) >= 11 is 0. The van der Waals surface area contributed by atoms with Gasteiger partial charge in [-0.2, -0.15) is 0 Å². The molecular formula is C14H27N3O3Si. The highest BCUT2D eigenvalue weighted by Gasteiger charge is 2.43. The highest BCUT2D eigenvalue weighted by Crippen LogP contribution is 2.39. The van der Waals surface area contributed by atoms with Crippen molar-refractivity contribution in [2.45, 2.75) is 63.6 Å². The molecular weight excluding hydrogens is 286 g/mol. The number of azide groups is 1. The Morgan fingerprint density at radius 1 is 1.38 bits per heavy atom. The van der Waals surface area contributed by atoms with Crippen LogP contribution in [0.25, 0.3) is 10.4 Å². The van der Waals surface area contributed by atoms with Gasteiger partial charge in [0.25, 0.3) is 0 Å². The van der Waals surface area contributed by atoms with Crippen LogP contribution >= 0.6 is 0 Å². The molecule has 0 radical (unpaired) electrons. The number of ether oxygens (including phenoxy) is 2. The van der Waals surface area contributed by atoms with E-state index in [1.807, 2.05) is 12.2 Å². The molecule has 3 atom stereocenters. The summed E-state index contributed by atoms with van der Waals surface area (Å²) in [6.07, 6.45) is 4.12. The van der Waals surface area contributed by atoms with Crippen LogP contribution < -0.4 is 0 Å². The minimum atomic E-state index is -1.98. The minimum Gasteiger partial charge on any atom is -0.411 e. The molecule has 0 fully saturated rings. The van der Waals surface area contributed by atoms with Gasteiger partial charge in [-0.15, -0.1) is 0 Å². The standard InChI is InChI=1S/C14H27N3O3Si/c1-14(2,3)21(5,6)20-13-11(16-17-15)8-7-9-12(13)19-10-18-4/h7,9,11-13H,8,10H2,1-6H3/t11-,12+,13+/m1/s1. The van der Waals surface area contributed by atoms with Crippen LogP contribution in [0.5, 0.6) is 0 Å². The van der Waals surface area contributed by atoms with E-state index >= 15 is 0 Å². The van der Waals surface area contributed by atoms with Crippen molar-refractivity contribution in [2.24, 2.45) is 5.11 Å². The van der Waals surface area contributed by atoms with Crippen molar-refractivity contribution in [3.8, 4) is 0 Å². The average Bonchev–Trinajstić information content (AvgIpc) is 2.38. The van der Waals surface area contributed by atoms with Crippen LogP contribution in [0.3, 0.4) is 0 Å². The second-order valence-electron chi connectivity index (χ2n) is 6.82. The quantitative estimate of drug-likeness (QED) is 0.186. The molecule has 7 heteroatoms. The predicted octanol–water partition coefficient (Wildman–Crippen LogP) is 4.00. The van der Waals surface area contributed by atoms with E-state index in [0.29, 0.717) is 6.42 Å². The summed E-state index contributed by atoms with van der Waals surface area (Å²) < 4.78 is 17.1. The average molecular weight is 313 g/mol. The molecule has 0 unspecified atom stereocenters. The lowest BCUT2D eigenvalue weighted by Gasteiger charge is -2.43. The van der Waals surface area contributed by atoms with E-state index in [1.54, 1.807) is 7.11 Å². The van der Waals surface area contributed by atoms with Gasteiger partial charge in [0.1, 0.15) is 12.9 Å². The first-order valence-electron chi connectivity index (χ1n) is 7.22. The van der Waals surface area contributed by atoms with Gasteiger partial charge in [-0.25, -0.2) is 0 Å². The van der Waals surface area contributed by atoms with Crippen molar-refractivity contribution in [3.05, 3.63) is 22.6 Å². The topological polar surface area (TPSA) is 76.5 Å². The van der Waals surface area contributed by atoms with Gasteiger partial charge < -0.3 is 13.9 Å². The molecule has 0 bridgehead atoms. The van der Waals surface area contributed by atoms with Crippen LogP contribution in [-0.2, 0) is 13.9 Å². The lowest BCUT2D eigenvalue weighted by Crippen LogP contribution is -2.52. The molecule has 1 rings (SSSR count). The van der Waals surface area contributed by atoms with Crippen molar-refractivity contribution in [1.82, 2.24) is 0 Å². The SMILES string of the molecule is COCO[C@H]1C=CC[C@@H](N=[N+]=[N-])[C@@H]1O[Si](C)(C)C(C)(C)C. The van der Waals surface area contributed by atoms with E-state index in [9.17, 15) is 0 Å². The van der Waals surface area contributed by atoms with Crippen molar-refractivity contribution in [1.29, 1.82) is 0 Å². The molecule has 0 saturated heterocycles. The van der Waals surface area contributed by atoms with Gasteiger partial charge in [0.2, 0.25) is 0 Å². The maximum atomic E-state index is 8.78. The van der Waals surface area contributed by atoms with Gasteiger partial charge in [-0.05, 0) is 30.1 Å². The Hall–Kier alpha value is -0.853. The molecule has 0 aromatic heterocycles. The maximum Gasteiger partial charge on any atom is 0.192 e. The molecule has 21 heavy (non-hydrogen) atoms. The van der Waals surface area contributed by atoms with E-state index in [0.717, 1.165) is 0 Å². The number of nitrogens with zero attached hydrogens (tertiary/aromatic N) is 3. The Bertz CT molecular complexity index is 414. The first kappa shape index (κ1) is 18.2. The smallest absolute Gasteiger partial charge is 0.192 e. The number of hydrogen-bond donors (Lipinski definition) is 0. The van der Waals surface area contributed by atoms with Crippen LogP contribution in [0.4, 0.5) is 0 Å². The van der Waals surface area contributed by atoms with E-state index < -0.39 is 8.32 Å². The summed E-state index contributed by atoms with van der Waals surface area (Å²) in [5.41, 5.74) is 8.78. The van der Waals surface area contributed by atoms with Crippen LogP contribution in [-0.4, -0.2) is 40.5 Å². The molecule has 0 aromatic carbocycles. The molecule has 0 heterocycles. The lowest BCUT2D eigenvalue weighted by atomic mass is 9.97. The summed E-state index contributed by atoms with van der Waals surface area (Å²) in [6, 6.07) is -0.240. The monoisotopic (exact) mass is 313 g/mol. The van der Waals surface area contributed by atoms with Gasteiger partial charge in [0.05, 0.1) is 12.1 Å². The Balaban J connectivity index is 2.97. The van der Waals surface area contributed by atoms with Gasteiger partial charge in [0.15, 0.2) is 8.32 Å². The maximum absolute atomic E-state index is 8.78. The summed E-state index contributed by atoms with van der Waals surface area (Å²) in [6.45, 7) is 11.1. The van der Waals surface area contributed by atoms with Crippen LogP contribution in [0.1, 0.15) is 27.2 Å². The van der Waals surface area contributed by atoms with Gasteiger partial charge in [-0.1, -0.05) is 38.0 Å². The summed E-state index contributed by atoms with van der Waals surface area (Å²) in [5, 5.41) is 3.98. The highest BCUT2D eigenvalue weighted by atomic mass is 28.4. The molecule has 1 aliphatic carbocycles. The van der Waals surface area contributed by atoms with E-state index in [1.165, 1.54) is 0 Å². The fraction of sp³-hybridized carbons (Fsp3) is 0.857. The van der Waals surface area contributed by atoms with E-state index in [-0.39, 0.29) is 30.1 Å². The molecule has 0 spiro atoms. The third-order valence-electron chi connectivity index (χ3n) is 4.22. The van der Waals surface area contributed by atoms with Crippen molar-refractivity contribution < 1.29 is 13.9 Å². The summed E-state index contributed by atoms with van der Waals surface area (Å²) in [5.74, 6) is 0. The van der Waals surface area contributed by atoms with Gasteiger partial charge >= 0.3 is 0 Å². The van der Waals surface area contributed by atoms with Crippen LogP contribution in [0.15, 0.2) is 17.3 Å². The van der Waals surface area contributed by atoms with Gasteiger partial charge in [-0.3, -0.25) is 0 Å². The number of hydrogen-bond acceptors (Lipinski definition) is 4. The molecule has 0 N–H and O–H groups in total. The Kier molecular flexibility index (Phi) is 6.43. The van der Waals surface area contributed by atoms with Gasteiger partial charge in [0, 0.05) is 12.0 Å². The predicted molar refractivity (Wildman–Crippen MR) is 85.5 cm³/mol. The first-order chi connectivity index (χ1) is 9.73. The van der Waals surface area contributed by atoms with Crippen molar-refractivity contribution in [3.63, 3.8) is 0 Å². The molecule has 0 aromatic rings. The van der Waals surface area contributed by atoms with Crippen LogP contribution in [0, 0.1) is 0 Å².